The molecule has 2 aromatic rings. The molecule has 1 aromatic carbocycles. The molecule has 1 saturated carbocycles. The number of hydrogen-bond donors (Lipinski definition) is 3. The number of nitroso groups, excluding NO2 is 1. The van der Waals surface area contributed by atoms with Crippen molar-refractivity contribution >= 4 is 17.1 Å². The van der Waals surface area contributed by atoms with E-state index in [9.17, 15) is 9.70 Å². The van der Waals surface area contributed by atoms with Gasteiger partial charge in [-0.05, 0) is 36.2 Å². The van der Waals surface area contributed by atoms with Crippen LogP contribution in [0.4, 0.5) is 11.4 Å². The van der Waals surface area contributed by atoms with Crippen molar-refractivity contribution in [2.45, 2.75) is 31.7 Å². The summed E-state index contributed by atoms with van der Waals surface area (Å²) in [7, 11) is 0. The van der Waals surface area contributed by atoms with Crippen LogP contribution in [0.5, 0.6) is 0 Å². The summed E-state index contributed by atoms with van der Waals surface area (Å²) in [5.74, 6) is 0. The van der Waals surface area contributed by atoms with E-state index in [4.69, 9.17) is 5.41 Å². The average molecular weight is 310 g/mol. The minimum Gasteiger partial charge on any atom is -0.382 e. The van der Waals surface area contributed by atoms with Crippen LogP contribution in [0.3, 0.4) is 0 Å². The lowest BCUT2D eigenvalue weighted by atomic mass is 10.0. The maximum atomic E-state index is 12.2. The Labute approximate surface area is 133 Å². The van der Waals surface area contributed by atoms with E-state index in [-0.39, 0.29) is 11.3 Å². The number of benzene rings is 1. The maximum Gasteiger partial charge on any atom is 0.259 e. The van der Waals surface area contributed by atoms with Gasteiger partial charge in [0.1, 0.15) is 5.69 Å². The molecule has 1 aromatic heterocycles. The Morgan fingerprint density at radius 1 is 1.17 bits per heavy atom. The van der Waals surface area contributed by atoms with Crippen LogP contribution in [0.1, 0.15) is 36.8 Å². The number of aromatic amines is 1. The normalized spacial score (nSPS) is 14.6. The molecule has 1 fully saturated rings. The van der Waals surface area contributed by atoms with Crippen LogP contribution in [-0.4, -0.2) is 16.7 Å². The first-order chi connectivity index (χ1) is 11.2. The van der Waals surface area contributed by atoms with Gasteiger partial charge < -0.3 is 10.3 Å². The van der Waals surface area contributed by atoms with Crippen molar-refractivity contribution in [1.29, 1.82) is 5.41 Å². The van der Waals surface area contributed by atoms with Gasteiger partial charge in [0.2, 0.25) is 0 Å². The fourth-order valence-corrected chi connectivity index (χ4v) is 2.97. The van der Waals surface area contributed by atoms with E-state index in [1.807, 2.05) is 0 Å². The monoisotopic (exact) mass is 310 g/mol. The molecule has 3 rings (SSSR count). The van der Waals surface area contributed by atoms with E-state index in [2.05, 4.69) is 15.5 Å². The second-order valence-electron chi connectivity index (χ2n) is 5.73. The summed E-state index contributed by atoms with van der Waals surface area (Å²) in [6, 6.07) is 8.49. The summed E-state index contributed by atoms with van der Waals surface area (Å²) in [4.78, 5) is 25.4. The number of H-pyrrole nitrogens is 1. The molecule has 23 heavy (non-hydrogen) atoms. The van der Waals surface area contributed by atoms with Crippen molar-refractivity contribution in [2.75, 3.05) is 5.32 Å². The highest BCUT2D eigenvalue weighted by Crippen LogP contribution is 2.24. The Balaban J connectivity index is 1.94. The molecule has 0 atom stereocenters. The fourth-order valence-electron chi connectivity index (χ4n) is 2.97. The second-order valence-corrected chi connectivity index (χ2v) is 5.73. The zero-order valence-corrected chi connectivity index (χ0v) is 12.6. The molecular weight excluding hydrogens is 292 g/mol. The predicted octanol–water partition coefficient (Wildman–Crippen LogP) is 3.54. The number of nitrogens with zero attached hydrogens (tertiary/aromatic N) is 1. The van der Waals surface area contributed by atoms with E-state index >= 15 is 0 Å². The summed E-state index contributed by atoms with van der Waals surface area (Å²) in [6.07, 6.45) is 6.13. The Kier molecular flexibility index (Phi) is 4.32. The fraction of sp³-hybridized carbons (Fsp3) is 0.294. The van der Waals surface area contributed by atoms with E-state index in [1.165, 1.54) is 25.0 Å². The van der Waals surface area contributed by atoms with Gasteiger partial charge in [0.25, 0.3) is 5.56 Å². The van der Waals surface area contributed by atoms with Gasteiger partial charge in [-0.1, -0.05) is 25.0 Å². The summed E-state index contributed by atoms with van der Waals surface area (Å²) in [5.41, 5.74) is 1.71. The molecule has 0 amide bonds. The lowest BCUT2D eigenvalue weighted by Crippen LogP contribution is -2.24. The maximum absolute atomic E-state index is 12.2. The van der Waals surface area contributed by atoms with Crippen molar-refractivity contribution in [3.63, 3.8) is 0 Å². The lowest BCUT2D eigenvalue weighted by Gasteiger charge is -2.17. The van der Waals surface area contributed by atoms with Crippen LogP contribution in [0.15, 0.2) is 46.5 Å². The quantitative estimate of drug-likeness (QED) is 0.582. The Bertz CT molecular complexity index is 774. The second kappa shape index (κ2) is 6.56. The third-order valence-electron chi connectivity index (χ3n) is 4.19. The summed E-state index contributed by atoms with van der Waals surface area (Å²) < 4.78 is 0. The van der Waals surface area contributed by atoms with Crippen LogP contribution in [0.25, 0.3) is 0 Å². The first kappa shape index (κ1) is 15.1. The molecule has 0 bridgehead atoms. The molecule has 1 aliphatic rings. The highest BCUT2D eigenvalue weighted by atomic mass is 16.3. The van der Waals surface area contributed by atoms with Gasteiger partial charge in [0, 0.05) is 17.8 Å². The number of hydrogen-bond acceptors (Lipinski definition) is 5. The van der Waals surface area contributed by atoms with Gasteiger partial charge in [-0.3, -0.25) is 10.2 Å². The highest BCUT2D eigenvalue weighted by Gasteiger charge is 2.19. The molecular formula is C17H18N4O2. The number of aromatic nitrogens is 1. The van der Waals surface area contributed by atoms with Crippen molar-refractivity contribution in [3.05, 3.63) is 62.9 Å². The predicted molar refractivity (Wildman–Crippen MR) is 90.8 cm³/mol. The molecule has 1 aliphatic carbocycles. The molecule has 0 spiro atoms. The minimum atomic E-state index is -0.296. The first-order valence-electron chi connectivity index (χ1n) is 7.70. The van der Waals surface area contributed by atoms with Crippen molar-refractivity contribution in [2.24, 2.45) is 5.18 Å². The zero-order valence-electron chi connectivity index (χ0n) is 12.6. The van der Waals surface area contributed by atoms with Gasteiger partial charge in [-0.2, -0.15) is 0 Å². The van der Waals surface area contributed by atoms with Gasteiger partial charge in [-0.25, -0.2) is 0 Å². The van der Waals surface area contributed by atoms with Gasteiger partial charge >= 0.3 is 0 Å². The largest absolute Gasteiger partial charge is 0.382 e. The average Bonchev–Trinajstić information content (AvgIpc) is 3.08. The van der Waals surface area contributed by atoms with Crippen molar-refractivity contribution in [1.82, 2.24) is 4.98 Å². The molecule has 6 heteroatoms. The molecule has 0 unspecified atom stereocenters. The van der Waals surface area contributed by atoms with Crippen LogP contribution >= 0.6 is 0 Å². The molecule has 0 aliphatic heterocycles. The minimum absolute atomic E-state index is 0.129. The summed E-state index contributed by atoms with van der Waals surface area (Å²) in [6.45, 7) is 0. The van der Waals surface area contributed by atoms with Crippen LogP contribution < -0.4 is 10.9 Å². The number of rotatable bonds is 5. The van der Waals surface area contributed by atoms with Crippen molar-refractivity contribution < 1.29 is 0 Å². The number of anilines is 1. The van der Waals surface area contributed by atoms with E-state index in [1.54, 1.807) is 24.4 Å². The third-order valence-corrected chi connectivity index (χ3v) is 4.19. The molecule has 6 nitrogen and oxygen atoms in total. The Hall–Kier alpha value is -2.76. The van der Waals surface area contributed by atoms with Crippen LogP contribution in [0.2, 0.25) is 0 Å². The molecule has 118 valence electrons. The smallest absolute Gasteiger partial charge is 0.259 e. The molecule has 3 N–H and O–H groups in total. The first-order valence-corrected chi connectivity index (χ1v) is 7.70. The van der Waals surface area contributed by atoms with Crippen molar-refractivity contribution in [3.8, 4) is 0 Å². The zero-order chi connectivity index (χ0) is 16.2. The molecule has 1 heterocycles. The number of nitrogens with one attached hydrogen (secondary N) is 3. The topological polar surface area (TPSA) is 98.2 Å². The van der Waals surface area contributed by atoms with Gasteiger partial charge in [0.05, 0.1) is 17.0 Å². The van der Waals surface area contributed by atoms with Gasteiger partial charge in [0.15, 0.2) is 0 Å². The summed E-state index contributed by atoms with van der Waals surface area (Å²) in [5, 5.41) is 14.6. The van der Waals surface area contributed by atoms with Crippen LogP contribution in [0, 0.1) is 10.3 Å². The Morgan fingerprint density at radius 2 is 1.87 bits per heavy atom. The van der Waals surface area contributed by atoms with E-state index < -0.39 is 0 Å². The SMILES string of the molecule is N=C(c1ccc(N=O)cc1)c1c(NC2CCCC2)cc[nH]c1=O. The lowest BCUT2D eigenvalue weighted by molar-refractivity contribution is 0.754. The molecule has 0 radical (unpaired) electrons. The standard InChI is InChI=1S/C17H18N4O2/c18-16(11-5-7-13(21-23)8-6-11)15-14(9-10-19-17(15)22)20-12-3-1-2-4-12/h5-10,12,18H,1-4H2,(H2,19,20,22). The third kappa shape index (κ3) is 3.21. The highest BCUT2D eigenvalue weighted by molar-refractivity contribution is 6.13. The molecule has 0 saturated heterocycles. The van der Waals surface area contributed by atoms with E-state index in [0.29, 0.717) is 28.5 Å². The van der Waals surface area contributed by atoms with E-state index in [0.717, 1.165) is 12.8 Å². The number of pyridine rings is 1. The Morgan fingerprint density at radius 3 is 2.52 bits per heavy atom. The summed E-state index contributed by atoms with van der Waals surface area (Å²) >= 11 is 0. The van der Waals surface area contributed by atoms with Gasteiger partial charge in [-0.15, -0.1) is 4.91 Å². The van der Waals surface area contributed by atoms with Crippen LogP contribution in [-0.2, 0) is 0 Å².